The number of carbonyl (C=O) groups excluding carboxylic acids is 1. The zero-order valence-corrected chi connectivity index (χ0v) is 21.3. The third-order valence-corrected chi connectivity index (χ3v) is 8.50. The lowest BCUT2D eigenvalue weighted by Crippen LogP contribution is -2.15. The molecule has 0 spiro atoms. The average Bonchev–Trinajstić information content (AvgIpc) is 3.57. The fourth-order valence-electron chi connectivity index (χ4n) is 6.89. The van der Waals surface area contributed by atoms with Crippen molar-refractivity contribution in [2.24, 2.45) is 7.05 Å². The van der Waals surface area contributed by atoms with Gasteiger partial charge in [0, 0.05) is 60.4 Å². The summed E-state index contributed by atoms with van der Waals surface area (Å²) in [6, 6.07) is 6.97. The molecule has 36 heavy (non-hydrogen) atoms. The number of benzene rings is 2. The van der Waals surface area contributed by atoms with Crippen LogP contribution in [0.25, 0.3) is 32.9 Å². The molecule has 3 aliphatic rings. The first-order valence-corrected chi connectivity index (χ1v) is 13.7. The lowest BCUT2D eigenvalue weighted by atomic mass is 9.82. The van der Waals surface area contributed by atoms with E-state index in [4.69, 9.17) is 9.84 Å². The summed E-state index contributed by atoms with van der Waals surface area (Å²) >= 11 is 0. The quantitative estimate of drug-likeness (QED) is 0.357. The summed E-state index contributed by atoms with van der Waals surface area (Å²) in [6.07, 6.45) is 11.1. The second-order valence-electron chi connectivity index (χ2n) is 10.8. The molecule has 1 N–H and O–H groups in total. The largest absolute Gasteiger partial charge is 0.374 e. The van der Waals surface area contributed by atoms with Gasteiger partial charge in [-0.15, -0.1) is 0 Å². The monoisotopic (exact) mass is 482 g/mol. The molecule has 2 aromatic heterocycles. The summed E-state index contributed by atoms with van der Waals surface area (Å²) in [5, 5.41) is 10.5. The van der Waals surface area contributed by atoms with Gasteiger partial charge >= 0.3 is 0 Å². The lowest BCUT2D eigenvalue weighted by molar-refractivity contribution is 0.0150. The zero-order valence-electron chi connectivity index (χ0n) is 21.3. The normalized spacial score (nSPS) is 18.9. The first-order chi connectivity index (χ1) is 17.7. The van der Waals surface area contributed by atoms with Crippen molar-refractivity contribution < 1.29 is 9.53 Å². The number of nitrogens with one attached hydrogen (secondary N) is 1. The van der Waals surface area contributed by atoms with Crippen molar-refractivity contribution in [1.29, 1.82) is 0 Å². The predicted molar refractivity (Wildman–Crippen MR) is 142 cm³/mol. The van der Waals surface area contributed by atoms with Crippen LogP contribution in [0.1, 0.15) is 84.3 Å². The number of nitrogens with zero attached hydrogens (tertiary/aromatic N) is 3. The van der Waals surface area contributed by atoms with E-state index < -0.39 is 0 Å². The minimum Gasteiger partial charge on any atom is -0.374 e. The Labute approximate surface area is 211 Å². The summed E-state index contributed by atoms with van der Waals surface area (Å²) in [5.74, 6) is 0.0542. The van der Waals surface area contributed by atoms with Crippen LogP contribution < -0.4 is 5.32 Å². The minimum absolute atomic E-state index is 0.0542. The maximum absolute atomic E-state index is 13.3. The minimum atomic E-state index is 0.0542. The van der Waals surface area contributed by atoms with Gasteiger partial charge in [0.05, 0.1) is 22.9 Å². The molecule has 1 atom stereocenters. The summed E-state index contributed by atoms with van der Waals surface area (Å²) in [4.78, 5) is 13.3. The second-order valence-corrected chi connectivity index (χ2v) is 10.8. The zero-order chi connectivity index (χ0) is 24.4. The Hall–Kier alpha value is -3.12. The van der Waals surface area contributed by atoms with Crippen LogP contribution in [0.15, 0.2) is 24.4 Å². The van der Waals surface area contributed by atoms with Crippen LogP contribution in [0.5, 0.6) is 0 Å². The SMILES string of the molecule is CCCCCn1c2ccc(C3CCCCO3)cc2c2c3c(c4c(c21)CCc1nn(C)cc1-4)C(=O)NC3. The van der Waals surface area contributed by atoms with Gasteiger partial charge in [0.2, 0.25) is 0 Å². The van der Waals surface area contributed by atoms with E-state index in [0.717, 1.165) is 73.2 Å². The summed E-state index contributed by atoms with van der Waals surface area (Å²) in [7, 11) is 1.98. The van der Waals surface area contributed by atoms with Crippen LogP contribution >= 0.6 is 0 Å². The molecule has 7 rings (SSSR count). The van der Waals surface area contributed by atoms with E-state index in [2.05, 4.69) is 41.2 Å². The van der Waals surface area contributed by atoms with Crippen molar-refractivity contribution in [3.8, 4) is 11.1 Å². The van der Waals surface area contributed by atoms with Gasteiger partial charge in [0.1, 0.15) is 0 Å². The standard InChI is InChI=1S/C30H34N4O2/c1-3-4-6-13-34-24-12-9-18(25-8-5-7-14-36-25)15-20(24)27-21-16-31-30(35)28(21)26-19(29(27)34)10-11-23-22(26)17-33(2)32-23/h9,12,15,17,25H,3-8,10-11,13-14,16H2,1-2H3,(H,31,35). The first kappa shape index (κ1) is 22.1. The molecule has 0 bridgehead atoms. The second kappa shape index (κ2) is 8.48. The van der Waals surface area contributed by atoms with Crippen LogP contribution in [-0.2, 0) is 37.7 Å². The highest BCUT2D eigenvalue weighted by Crippen LogP contribution is 2.47. The maximum atomic E-state index is 13.3. The van der Waals surface area contributed by atoms with Crippen molar-refractivity contribution in [3.05, 3.63) is 52.3 Å². The van der Waals surface area contributed by atoms with Crippen LogP contribution in [-0.4, -0.2) is 26.9 Å². The number of aryl methyl sites for hydroxylation is 4. The molecule has 2 aliphatic heterocycles. The van der Waals surface area contributed by atoms with Gasteiger partial charge in [0.15, 0.2) is 0 Å². The molecule has 2 aromatic carbocycles. The number of hydrogen-bond donors (Lipinski definition) is 1. The molecular formula is C30H34N4O2. The lowest BCUT2D eigenvalue weighted by Gasteiger charge is -2.23. The molecule has 0 saturated carbocycles. The third-order valence-electron chi connectivity index (χ3n) is 8.50. The first-order valence-electron chi connectivity index (χ1n) is 13.7. The molecule has 6 nitrogen and oxygen atoms in total. The molecule has 1 fully saturated rings. The number of carbonyl (C=O) groups is 1. The number of hydrogen-bond acceptors (Lipinski definition) is 3. The fourth-order valence-corrected chi connectivity index (χ4v) is 6.89. The van der Waals surface area contributed by atoms with Crippen LogP contribution in [0.3, 0.4) is 0 Å². The number of rotatable bonds is 5. The Bertz CT molecular complexity index is 1520. The molecule has 0 radical (unpaired) electrons. The van der Waals surface area contributed by atoms with Crippen molar-refractivity contribution in [3.63, 3.8) is 0 Å². The summed E-state index contributed by atoms with van der Waals surface area (Å²) < 4.78 is 10.6. The van der Waals surface area contributed by atoms with Crippen molar-refractivity contribution in [1.82, 2.24) is 19.7 Å². The van der Waals surface area contributed by atoms with Crippen molar-refractivity contribution >= 4 is 27.7 Å². The van der Waals surface area contributed by atoms with Gasteiger partial charge in [-0.3, -0.25) is 9.48 Å². The van der Waals surface area contributed by atoms with Gasteiger partial charge in [-0.2, -0.15) is 5.10 Å². The predicted octanol–water partition coefficient (Wildman–Crippen LogP) is 5.97. The number of aromatic nitrogens is 3. The van der Waals surface area contributed by atoms with Gasteiger partial charge < -0.3 is 14.6 Å². The summed E-state index contributed by atoms with van der Waals surface area (Å²) in [5.41, 5.74) is 10.6. The molecule has 186 valence electrons. The van der Waals surface area contributed by atoms with Gasteiger partial charge in [-0.05, 0) is 67.3 Å². The molecule has 4 heterocycles. The van der Waals surface area contributed by atoms with E-state index in [-0.39, 0.29) is 12.0 Å². The molecule has 1 amide bonds. The molecule has 1 aliphatic carbocycles. The van der Waals surface area contributed by atoms with Gasteiger partial charge in [-0.1, -0.05) is 25.8 Å². The Kier molecular flexibility index (Phi) is 5.21. The van der Waals surface area contributed by atoms with E-state index in [0.29, 0.717) is 6.54 Å². The number of amides is 1. The Morgan fingerprint density at radius 3 is 2.89 bits per heavy atom. The van der Waals surface area contributed by atoms with Crippen LogP contribution in [0, 0.1) is 0 Å². The Balaban J connectivity index is 1.56. The highest BCUT2D eigenvalue weighted by atomic mass is 16.5. The smallest absolute Gasteiger partial charge is 0.252 e. The number of unbranched alkanes of at least 4 members (excludes halogenated alkanes) is 2. The Morgan fingerprint density at radius 2 is 2.06 bits per heavy atom. The maximum Gasteiger partial charge on any atom is 0.252 e. The molecular weight excluding hydrogens is 448 g/mol. The topological polar surface area (TPSA) is 61.1 Å². The van der Waals surface area contributed by atoms with E-state index in [1.54, 1.807) is 0 Å². The van der Waals surface area contributed by atoms with Gasteiger partial charge in [-0.25, -0.2) is 0 Å². The van der Waals surface area contributed by atoms with Gasteiger partial charge in [0.25, 0.3) is 5.91 Å². The highest BCUT2D eigenvalue weighted by molar-refractivity contribution is 6.19. The van der Waals surface area contributed by atoms with E-state index in [9.17, 15) is 4.79 Å². The highest BCUT2D eigenvalue weighted by Gasteiger charge is 2.35. The summed E-state index contributed by atoms with van der Waals surface area (Å²) in [6.45, 7) is 4.69. The van der Waals surface area contributed by atoms with Crippen LogP contribution in [0.4, 0.5) is 0 Å². The Morgan fingerprint density at radius 1 is 1.14 bits per heavy atom. The molecule has 6 heteroatoms. The van der Waals surface area contributed by atoms with Crippen LogP contribution in [0.2, 0.25) is 0 Å². The number of fused-ring (bicyclic) bond motifs is 10. The van der Waals surface area contributed by atoms with E-state index in [1.165, 1.54) is 52.2 Å². The third kappa shape index (κ3) is 3.20. The van der Waals surface area contributed by atoms with Crippen molar-refractivity contribution in [2.45, 2.75) is 77.5 Å². The molecule has 1 unspecified atom stereocenters. The average molecular weight is 483 g/mol. The van der Waals surface area contributed by atoms with E-state index >= 15 is 0 Å². The molecule has 4 aromatic rings. The van der Waals surface area contributed by atoms with E-state index in [1.807, 2.05) is 11.7 Å². The van der Waals surface area contributed by atoms with Crippen molar-refractivity contribution in [2.75, 3.05) is 6.61 Å². The molecule has 1 saturated heterocycles. The fraction of sp³-hybridized carbons (Fsp3) is 0.467. The number of ether oxygens (including phenoxy) is 1.